The second-order valence-electron chi connectivity index (χ2n) is 7.61. The fraction of sp³-hybridized carbons (Fsp3) is 0.364. The maximum absolute atomic E-state index is 12.7. The second kappa shape index (κ2) is 8.52. The van der Waals surface area contributed by atoms with Crippen molar-refractivity contribution in [3.8, 4) is 0 Å². The average Bonchev–Trinajstić information content (AvgIpc) is 3.33. The van der Waals surface area contributed by atoms with E-state index in [4.69, 9.17) is 0 Å². The molecule has 0 spiro atoms. The summed E-state index contributed by atoms with van der Waals surface area (Å²) in [7, 11) is 0. The Morgan fingerprint density at radius 2 is 1.43 bits per heavy atom. The van der Waals surface area contributed by atoms with Gasteiger partial charge >= 0.3 is 6.03 Å². The van der Waals surface area contributed by atoms with Gasteiger partial charge in [-0.05, 0) is 25.0 Å². The summed E-state index contributed by atoms with van der Waals surface area (Å²) in [6.45, 7) is 3.70. The third-order valence-corrected chi connectivity index (χ3v) is 5.74. The van der Waals surface area contributed by atoms with E-state index >= 15 is 0 Å². The smallest absolute Gasteiger partial charge is 0.320 e. The van der Waals surface area contributed by atoms with Crippen molar-refractivity contribution in [1.82, 2.24) is 9.80 Å². The SMILES string of the molecule is O=C(c1ccccc1)c1ccc(N2CCN(C(=O)N3CCCC3)CC2)c([N+](=O)[O-])c1. The fourth-order valence-electron chi connectivity index (χ4n) is 4.08. The standard InChI is InChI=1S/C22H24N4O4/c27-21(17-6-2-1-3-7-17)18-8-9-19(20(16-18)26(29)30)23-12-14-25(15-13-23)22(28)24-10-4-5-11-24/h1-3,6-9,16H,4-5,10-15H2. The Balaban J connectivity index is 1.50. The first-order chi connectivity index (χ1) is 14.5. The van der Waals surface area contributed by atoms with Crippen molar-refractivity contribution < 1.29 is 14.5 Å². The van der Waals surface area contributed by atoms with Crippen molar-refractivity contribution in [2.75, 3.05) is 44.2 Å². The largest absolute Gasteiger partial charge is 0.362 e. The van der Waals surface area contributed by atoms with Crippen molar-refractivity contribution in [3.63, 3.8) is 0 Å². The lowest BCUT2D eigenvalue weighted by molar-refractivity contribution is -0.384. The van der Waals surface area contributed by atoms with Crippen molar-refractivity contribution in [1.29, 1.82) is 0 Å². The van der Waals surface area contributed by atoms with Crippen molar-refractivity contribution >= 4 is 23.2 Å². The highest BCUT2D eigenvalue weighted by molar-refractivity contribution is 6.09. The summed E-state index contributed by atoms with van der Waals surface area (Å²) in [6.07, 6.45) is 2.10. The van der Waals surface area contributed by atoms with E-state index in [9.17, 15) is 19.7 Å². The lowest BCUT2D eigenvalue weighted by Crippen LogP contribution is -2.52. The number of carbonyl (C=O) groups excluding carboxylic acids is 2. The summed E-state index contributed by atoms with van der Waals surface area (Å²) in [6, 6.07) is 13.4. The van der Waals surface area contributed by atoms with Gasteiger partial charge in [-0.2, -0.15) is 0 Å². The van der Waals surface area contributed by atoms with Crippen LogP contribution in [-0.4, -0.2) is 65.8 Å². The Hall–Kier alpha value is -3.42. The molecule has 0 saturated carbocycles. The fourth-order valence-corrected chi connectivity index (χ4v) is 4.08. The van der Waals surface area contributed by atoms with Crippen LogP contribution in [0.1, 0.15) is 28.8 Å². The number of nitro benzene ring substituents is 1. The zero-order valence-electron chi connectivity index (χ0n) is 16.7. The van der Waals surface area contributed by atoms with Gasteiger partial charge < -0.3 is 14.7 Å². The first-order valence-electron chi connectivity index (χ1n) is 10.2. The van der Waals surface area contributed by atoms with Crippen LogP contribution in [0.3, 0.4) is 0 Å². The average molecular weight is 408 g/mol. The number of hydrogen-bond donors (Lipinski definition) is 0. The highest BCUT2D eigenvalue weighted by atomic mass is 16.6. The van der Waals surface area contributed by atoms with Crippen LogP contribution in [0.15, 0.2) is 48.5 Å². The Labute approximate surface area is 174 Å². The molecule has 2 aliphatic heterocycles. The molecule has 0 bridgehead atoms. The minimum atomic E-state index is -0.446. The zero-order chi connectivity index (χ0) is 21.1. The number of nitrogens with zero attached hydrogens (tertiary/aromatic N) is 4. The Bertz CT molecular complexity index is 949. The molecule has 2 fully saturated rings. The number of benzene rings is 2. The molecule has 0 unspecified atom stereocenters. The molecule has 0 atom stereocenters. The molecule has 0 N–H and O–H groups in total. The van der Waals surface area contributed by atoms with Gasteiger partial charge in [-0.1, -0.05) is 30.3 Å². The molecule has 4 rings (SSSR count). The van der Waals surface area contributed by atoms with Gasteiger partial charge in [-0.15, -0.1) is 0 Å². The monoisotopic (exact) mass is 408 g/mol. The summed E-state index contributed by atoms with van der Waals surface area (Å²) in [5, 5.41) is 11.7. The number of rotatable bonds is 4. The molecule has 2 amide bonds. The van der Waals surface area contributed by atoms with Gasteiger partial charge in [-0.25, -0.2) is 4.79 Å². The molecule has 0 aromatic heterocycles. The number of amides is 2. The van der Waals surface area contributed by atoms with Gasteiger partial charge in [0, 0.05) is 56.5 Å². The first kappa shape index (κ1) is 19.9. The van der Waals surface area contributed by atoms with E-state index in [-0.39, 0.29) is 17.5 Å². The van der Waals surface area contributed by atoms with E-state index in [2.05, 4.69) is 0 Å². The molecule has 0 radical (unpaired) electrons. The molecule has 0 aliphatic carbocycles. The quantitative estimate of drug-likeness (QED) is 0.441. The maximum Gasteiger partial charge on any atom is 0.320 e. The van der Waals surface area contributed by atoms with Crippen LogP contribution >= 0.6 is 0 Å². The van der Waals surface area contributed by atoms with Crippen LogP contribution in [0.4, 0.5) is 16.2 Å². The highest BCUT2D eigenvalue weighted by Gasteiger charge is 2.29. The Morgan fingerprint density at radius 3 is 2.07 bits per heavy atom. The van der Waals surface area contributed by atoms with Crippen LogP contribution in [-0.2, 0) is 0 Å². The molecule has 2 saturated heterocycles. The van der Waals surface area contributed by atoms with Crippen LogP contribution < -0.4 is 4.90 Å². The molecule has 8 heteroatoms. The molecular weight excluding hydrogens is 384 g/mol. The number of hydrogen-bond acceptors (Lipinski definition) is 5. The number of anilines is 1. The predicted molar refractivity (Wildman–Crippen MR) is 113 cm³/mol. The number of ketones is 1. The molecule has 8 nitrogen and oxygen atoms in total. The minimum absolute atomic E-state index is 0.0606. The van der Waals surface area contributed by atoms with Crippen molar-refractivity contribution in [2.24, 2.45) is 0 Å². The van der Waals surface area contributed by atoms with Crippen LogP contribution in [0.5, 0.6) is 0 Å². The maximum atomic E-state index is 12.7. The first-order valence-corrected chi connectivity index (χ1v) is 10.2. The summed E-state index contributed by atoms with van der Waals surface area (Å²) in [5.41, 5.74) is 1.18. The molecule has 2 aromatic carbocycles. The summed E-state index contributed by atoms with van der Waals surface area (Å²) in [4.78, 5) is 42.1. The molecular formula is C22H24N4O4. The molecule has 30 heavy (non-hydrogen) atoms. The minimum Gasteiger partial charge on any atom is -0.362 e. The third kappa shape index (κ3) is 3.98. The van der Waals surface area contributed by atoms with Gasteiger partial charge in [0.1, 0.15) is 5.69 Å². The number of likely N-dealkylation sites (tertiary alicyclic amines) is 1. The lowest BCUT2D eigenvalue weighted by atomic mass is 10.0. The highest BCUT2D eigenvalue weighted by Crippen LogP contribution is 2.31. The Kier molecular flexibility index (Phi) is 5.65. The normalized spacial score (nSPS) is 16.6. The lowest BCUT2D eigenvalue weighted by Gasteiger charge is -2.37. The van der Waals surface area contributed by atoms with E-state index < -0.39 is 4.92 Å². The summed E-state index contributed by atoms with van der Waals surface area (Å²) in [5.74, 6) is -0.244. The zero-order valence-corrected chi connectivity index (χ0v) is 16.7. The van der Waals surface area contributed by atoms with Crippen molar-refractivity contribution in [2.45, 2.75) is 12.8 Å². The van der Waals surface area contributed by atoms with Crippen LogP contribution in [0, 0.1) is 10.1 Å². The van der Waals surface area contributed by atoms with Gasteiger partial charge in [0.25, 0.3) is 5.69 Å². The van der Waals surface area contributed by atoms with Gasteiger partial charge in [-0.3, -0.25) is 14.9 Å². The van der Waals surface area contributed by atoms with E-state index in [1.165, 1.54) is 6.07 Å². The van der Waals surface area contributed by atoms with Gasteiger partial charge in [0.05, 0.1) is 4.92 Å². The van der Waals surface area contributed by atoms with Gasteiger partial charge in [0.15, 0.2) is 5.78 Å². The predicted octanol–water partition coefficient (Wildman–Crippen LogP) is 3.16. The second-order valence-corrected chi connectivity index (χ2v) is 7.61. The van der Waals surface area contributed by atoms with E-state index in [1.54, 1.807) is 36.4 Å². The molecule has 2 heterocycles. The van der Waals surface area contributed by atoms with Crippen molar-refractivity contribution in [3.05, 3.63) is 69.8 Å². The third-order valence-electron chi connectivity index (χ3n) is 5.74. The van der Waals surface area contributed by atoms with Crippen LogP contribution in [0.2, 0.25) is 0 Å². The van der Waals surface area contributed by atoms with E-state index in [0.717, 1.165) is 25.9 Å². The molecule has 156 valence electrons. The summed E-state index contributed by atoms with van der Waals surface area (Å²) >= 11 is 0. The number of nitro groups is 1. The van der Waals surface area contributed by atoms with E-state index in [1.807, 2.05) is 20.8 Å². The number of urea groups is 1. The molecule has 2 aliphatic rings. The Morgan fingerprint density at radius 1 is 0.800 bits per heavy atom. The number of carbonyl (C=O) groups is 2. The molecule has 2 aromatic rings. The van der Waals surface area contributed by atoms with Gasteiger partial charge in [0.2, 0.25) is 0 Å². The van der Waals surface area contributed by atoms with E-state index in [0.29, 0.717) is 43.0 Å². The van der Waals surface area contributed by atoms with Crippen LogP contribution in [0.25, 0.3) is 0 Å². The number of piperazine rings is 1. The topological polar surface area (TPSA) is 87.0 Å². The summed E-state index contributed by atoms with van der Waals surface area (Å²) < 4.78 is 0.